The second-order valence-corrected chi connectivity index (χ2v) is 9.41. The molecule has 180 valence electrons. The highest BCUT2D eigenvalue weighted by atomic mass is 19.1. The molecule has 0 radical (unpaired) electrons. The Bertz CT molecular complexity index is 1160. The van der Waals surface area contributed by atoms with Crippen molar-refractivity contribution < 1.29 is 14.2 Å². The number of rotatable bonds is 8. The van der Waals surface area contributed by atoms with Crippen LogP contribution in [-0.2, 0) is 17.9 Å². The molecule has 3 aromatic rings. The van der Waals surface area contributed by atoms with E-state index in [9.17, 15) is 14.3 Å². The van der Waals surface area contributed by atoms with Gasteiger partial charge in [-0.05, 0) is 50.8 Å². The van der Waals surface area contributed by atoms with Crippen LogP contribution in [0.25, 0.3) is 5.69 Å². The van der Waals surface area contributed by atoms with Crippen LogP contribution in [0, 0.1) is 12.7 Å². The minimum atomic E-state index is -0.699. The Kier molecular flexibility index (Phi) is 6.63. The first-order chi connectivity index (χ1) is 16.5. The van der Waals surface area contributed by atoms with Crippen LogP contribution in [0.3, 0.4) is 0 Å². The van der Waals surface area contributed by atoms with Crippen molar-refractivity contribution >= 4 is 0 Å². The summed E-state index contributed by atoms with van der Waals surface area (Å²) in [7, 11) is 0. The zero-order chi connectivity index (χ0) is 23.7. The minimum Gasteiger partial charge on any atom is -0.390 e. The van der Waals surface area contributed by atoms with Crippen molar-refractivity contribution in [3.8, 4) is 5.69 Å². The Morgan fingerprint density at radius 2 is 1.74 bits per heavy atom. The van der Waals surface area contributed by atoms with Crippen LogP contribution in [0.4, 0.5) is 4.39 Å². The third-order valence-corrected chi connectivity index (χ3v) is 7.09. The molecule has 3 atom stereocenters. The monoisotopic (exact) mass is 466 g/mol. The standard InChI is InChI=1S/C26H31FN4O3/c1-18-28-30(26(33)31(18)20-8-3-2-4-9-20)16-23(32)15-29-21-11-12-22(29)14-24(13-21)34-17-19-7-5-6-10-25(19)27/h2-10,21-24,32H,11-17H2,1H3. The van der Waals surface area contributed by atoms with Gasteiger partial charge >= 0.3 is 5.69 Å². The van der Waals surface area contributed by atoms with Crippen molar-refractivity contribution in [3.05, 3.63) is 82.3 Å². The molecule has 0 amide bonds. The highest BCUT2D eigenvalue weighted by Crippen LogP contribution is 2.37. The molecule has 2 aromatic carbocycles. The smallest absolute Gasteiger partial charge is 0.350 e. The van der Waals surface area contributed by atoms with Gasteiger partial charge in [0.2, 0.25) is 0 Å². The molecule has 34 heavy (non-hydrogen) atoms. The lowest BCUT2D eigenvalue weighted by Gasteiger charge is -2.39. The van der Waals surface area contributed by atoms with E-state index in [1.165, 1.54) is 10.7 Å². The summed E-state index contributed by atoms with van der Waals surface area (Å²) in [6.07, 6.45) is 3.28. The number of benzene rings is 2. The van der Waals surface area contributed by atoms with E-state index in [0.717, 1.165) is 31.4 Å². The van der Waals surface area contributed by atoms with Crippen molar-refractivity contribution in [1.82, 2.24) is 19.2 Å². The van der Waals surface area contributed by atoms with E-state index >= 15 is 0 Å². The first kappa shape index (κ1) is 23.0. The van der Waals surface area contributed by atoms with Crippen molar-refractivity contribution in [1.29, 1.82) is 0 Å². The van der Waals surface area contributed by atoms with Crippen molar-refractivity contribution in [3.63, 3.8) is 0 Å². The van der Waals surface area contributed by atoms with Crippen molar-refractivity contribution in [2.45, 2.75) is 70.1 Å². The summed E-state index contributed by atoms with van der Waals surface area (Å²) in [6, 6.07) is 16.8. The highest BCUT2D eigenvalue weighted by molar-refractivity contribution is 5.31. The van der Waals surface area contributed by atoms with Crippen LogP contribution in [0.5, 0.6) is 0 Å². The molecule has 0 saturated carbocycles. The normalized spacial score (nSPS) is 23.3. The quantitative estimate of drug-likeness (QED) is 0.553. The molecule has 7 nitrogen and oxygen atoms in total. The molecule has 3 heterocycles. The summed E-state index contributed by atoms with van der Waals surface area (Å²) in [6.45, 7) is 2.73. The number of fused-ring (bicyclic) bond motifs is 2. The lowest BCUT2D eigenvalue weighted by atomic mass is 9.99. The Labute approximate surface area is 198 Å². The van der Waals surface area contributed by atoms with Crippen molar-refractivity contribution in [2.75, 3.05) is 6.54 Å². The lowest BCUT2D eigenvalue weighted by Crippen LogP contribution is -2.49. The number of aryl methyl sites for hydroxylation is 1. The number of nitrogens with zero attached hydrogens (tertiary/aromatic N) is 4. The fraction of sp³-hybridized carbons (Fsp3) is 0.462. The average molecular weight is 467 g/mol. The molecule has 5 rings (SSSR count). The fourth-order valence-electron chi connectivity index (χ4n) is 5.49. The summed E-state index contributed by atoms with van der Waals surface area (Å²) >= 11 is 0. The predicted molar refractivity (Wildman–Crippen MR) is 126 cm³/mol. The van der Waals surface area contributed by atoms with Crippen molar-refractivity contribution in [2.24, 2.45) is 0 Å². The SMILES string of the molecule is Cc1nn(CC(O)CN2C3CCC2CC(OCc2ccccc2F)C3)c(=O)n1-c1ccccc1. The highest BCUT2D eigenvalue weighted by Gasteiger charge is 2.41. The van der Waals surface area contributed by atoms with Crippen LogP contribution in [-0.4, -0.2) is 55.2 Å². The third-order valence-electron chi connectivity index (χ3n) is 7.09. The Morgan fingerprint density at radius 1 is 1.06 bits per heavy atom. The van der Waals surface area contributed by atoms with Crippen LogP contribution < -0.4 is 5.69 Å². The maximum Gasteiger partial charge on any atom is 0.350 e. The number of hydrogen-bond donors (Lipinski definition) is 1. The molecule has 2 aliphatic heterocycles. The van der Waals surface area contributed by atoms with E-state index in [1.54, 1.807) is 23.6 Å². The number of halogens is 1. The summed E-state index contributed by atoms with van der Waals surface area (Å²) in [5.74, 6) is 0.363. The van der Waals surface area contributed by atoms with E-state index in [4.69, 9.17) is 4.74 Å². The topological polar surface area (TPSA) is 72.5 Å². The van der Waals surface area contributed by atoms with Gasteiger partial charge in [-0.1, -0.05) is 36.4 Å². The summed E-state index contributed by atoms with van der Waals surface area (Å²) in [4.78, 5) is 15.3. The maximum atomic E-state index is 13.9. The van der Waals surface area contributed by atoms with Crippen LogP contribution in [0.1, 0.15) is 37.1 Å². The summed E-state index contributed by atoms with van der Waals surface area (Å²) < 4.78 is 22.9. The molecule has 2 saturated heterocycles. The van der Waals surface area contributed by atoms with Gasteiger partial charge in [-0.3, -0.25) is 4.90 Å². The largest absolute Gasteiger partial charge is 0.390 e. The Hall–Kier alpha value is -2.81. The molecular weight excluding hydrogens is 435 g/mol. The first-order valence-electron chi connectivity index (χ1n) is 12.0. The predicted octanol–water partition coefficient (Wildman–Crippen LogP) is 3.05. The van der Waals surface area contributed by atoms with Crippen LogP contribution >= 0.6 is 0 Å². The Balaban J connectivity index is 1.18. The number of piperidine rings is 1. The molecule has 1 N–H and O–H groups in total. The van der Waals surface area contributed by atoms with E-state index in [-0.39, 0.29) is 30.8 Å². The van der Waals surface area contributed by atoms with Gasteiger partial charge in [0.25, 0.3) is 0 Å². The third kappa shape index (κ3) is 4.71. The summed E-state index contributed by atoms with van der Waals surface area (Å²) in [5.41, 5.74) is 1.11. The number of hydrogen-bond acceptors (Lipinski definition) is 5. The molecule has 2 bridgehead atoms. The molecule has 0 spiro atoms. The fourth-order valence-corrected chi connectivity index (χ4v) is 5.49. The minimum absolute atomic E-state index is 0.0948. The van der Waals surface area contributed by atoms with E-state index < -0.39 is 6.10 Å². The van der Waals surface area contributed by atoms with Gasteiger partial charge in [-0.15, -0.1) is 0 Å². The average Bonchev–Trinajstić information content (AvgIpc) is 3.22. The number of para-hydroxylation sites is 1. The van der Waals surface area contributed by atoms with Gasteiger partial charge < -0.3 is 9.84 Å². The van der Waals surface area contributed by atoms with E-state index in [1.807, 2.05) is 36.4 Å². The molecule has 2 fully saturated rings. The molecule has 8 heteroatoms. The number of ether oxygens (including phenoxy) is 1. The second kappa shape index (κ2) is 9.82. The van der Waals surface area contributed by atoms with Gasteiger partial charge in [-0.2, -0.15) is 5.10 Å². The van der Waals surface area contributed by atoms with Gasteiger partial charge in [0.05, 0.1) is 31.0 Å². The van der Waals surface area contributed by atoms with Gasteiger partial charge in [0.15, 0.2) is 0 Å². The maximum absolute atomic E-state index is 13.9. The lowest BCUT2D eigenvalue weighted by molar-refractivity contribution is -0.0408. The second-order valence-electron chi connectivity index (χ2n) is 9.41. The first-order valence-corrected chi connectivity index (χ1v) is 12.0. The Morgan fingerprint density at radius 3 is 2.44 bits per heavy atom. The summed E-state index contributed by atoms with van der Waals surface area (Å²) in [5, 5.41) is 15.2. The molecule has 0 aliphatic carbocycles. The molecule has 2 aliphatic rings. The van der Waals surface area contributed by atoms with Crippen LogP contribution in [0.2, 0.25) is 0 Å². The van der Waals surface area contributed by atoms with Crippen LogP contribution in [0.15, 0.2) is 59.4 Å². The molecular formula is C26H31FN4O3. The molecule has 1 aromatic heterocycles. The number of aliphatic hydroxyl groups excluding tert-OH is 1. The molecule has 3 unspecified atom stereocenters. The zero-order valence-corrected chi connectivity index (χ0v) is 19.4. The number of aliphatic hydroxyl groups is 1. The van der Waals surface area contributed by atoms with Gasteiger partial charge in [0.1, 0.15) is 11.6 Å². The van der Waals surface area contributed by atoms with Gasteiger partial charge in [0, 0.05) is 24.2 Å². The van der Waals surface area contributed by atoms with E-state index in [2.05, 4.69) is 10.00 Å². The number of aromatic nitrogens is 3. The zero-order valence-electron chi connectivity index (χ0n) is 19.4. The van der Waals surface area contributed by atoms with Gasteiger partial charge in [-0.25, -0.2) is 18.4 Å². The van der Waals surface area contributed by atoms with E-state index in [0.29, 0.717) is 30.0 Å².